The van der Waals surface area contributed by atoms with E-state index in [2.05, 4.69) is 44.6 Å². The van der Waals surface area contributed by atoms with Gasteiger partial charge >= 0.3 is 48.2 Å². The van der Waals surface area contributed by atoms with Crippen LogP contribution in [-0.4, -0.2) is 174 Å². The lowest BCUT2D eigenvalue weighted by atomic mass is 10.2. The van der Waals surface area contributed by atoms with Crippen LogP contribution in [0, 0.1) is 104 Å². The highest BCUT2D eigenvalue weighted by molar-refractivity contribution is 6.03. The van der Waals surface area contributed by atoms with Crippen LogP contribution < -0.4 is 11.5 Å². The fourth-order valence-corrected chi connectivity index (χ4v) is 11.6. The Balaban J connectivity index is 0.000000239. The predicted molar refractivity (Wildman–Crippen MR) is 475 cm³/mol. The molecule has 0 aliphatic heterocycles. The molecular weight excluding hydrogens is 1870 g/mol. The number of nitro groups is 8. The number of aliphatic hydroxyl groups excluding tert-OH is 1. The highest BCUT2D eigenvalue weighted by Crippen LogP contribution is 2.33. The second-order valence-electron chi connectivity index (χ2n) is 26.6. The number of fused-ring (bicyclic) bond motifs is 8. The molecule has 56 heteroatoms. The predicted octanol–water partition coefficient (Wildman–Crippen LogP) is 16.1. The van der Waals surface area contributed by atoms with Gasteiger partial charge in [-0.3, -0.25) is 90.5 Å². The molecule has 0 fully saturated rings. The second-order valence-corrected chi connectivity index (χ2v) is 26.6. The van der Waals surface area contributed by atoms with Gasteiger partial charge in [-0.1, -0.05) is 31.7 Å². The number of hydrogen-bond acceptors (Lipinski definition) is 30. The lowest BCUT2D eigenvalue weighted by Crippen LogP contribution is -2.34. The first kappa shape index (κ1) is 108. The highest BCUT2D eigenvalue weighted by atomic mass is 19.4. The van der Waals surface area contributed by atoms with E-state index >= 15 is 0 Å². The highest BCUT2D eigenvalue weighted by Gasteiger charge is 2.49. The number of nitro benzene ring substituents is 8. The van der Waals surface area contributed by atoms with Crippen LogP contribution >= 0.6 is 0 Å². The molecule has 0 spiro atoms. The van der Waals surface area contributed by atoms with Crippen molar-refractivity contribution in [3.05, 3.63) is 321 Å². The number of carboxylic acids is 2. The number of benzene rings is 8. The summed E-state index contributed by atoms with van der Waals surface area (Å²) < 4.78 is 79.3. The fourth-order valence-electron chi connectivity index (χ4n) is 11.6. The largest absolute Gasteiger partial charge is 0.491 e. The smallest absolute Gasteiger partial charge is 0.477 e. The molecule has 0 bridgehead atoms. The topological polar surface area (TPSA) is 796 Å². The maximum absolute atomic E-state index is 11.5. The van der Waals surface area contributed by atoms with Gasteiger partial charge in [-0.05, 0) is 118 Å². The molecule has 0 radical (unpaired) electrons. The molecule has 50 nitrogen and oxygen atoms in total. The molecule has 16 aromatic rings. The fraction of sp³-hybridized carbons (Fsp3) is 0.108. The van der Waals surface area contributed by atoms with Gasteiger partial charge in [0, 0.05) is 101 Å². The number of alkyl halides is 6. The number of ether oxygens (including phenoxy) is 3. The molecule has 0 saturated heterocycles. The van der Waals surface area contributed by atoms with Crippen LogP contribution in [0.5, 0.6) is 0 Å². The van der Waals surface area contributed by atoms with E-state index in [0.29, 0.717) is 88.1 Å². The van der Waals surface area contributed by atoms with E-state index < -0.39 is 99.4 Å². The molecule has 2 amide bonds. The molecule has 0 unspecified atom stereocenters. The number of nitrogens with one attached hydrogen (secondary N) is 8. The number of amides is 2. The van der Waals surface area contributed by atoms with Gasteiger partial charge in [0.1, 0.15) is 57.7 Å². The molecule has 8 aromatic carbocycles. The number of nitriles is 2. The molecule has 0 aliphatic rings. The van der Waals surface area contributed by atoms with Crippen LogP contribution in [0.15, 0.2) is 194 Å². The van der Waals surface area contributed by atoms with E-state index in [4.69, 9.17) is 46.8 Å². The van der Waals surface area contributed by atoms with Crippen molar-refractivity contribution in [2.75, 3.05) is 19.8 Å². The Morgan fingerprint density at radius 2 is 0.583 bits per heavy atom. The number of carboxylic acid groups (broad SMARTS) is 2. The maximum atomic E-state index is 11.5. The minimum absolute atomic E-state index is 0. The van der Waals surface area contributed by atoms with E-state index in [1.165, 1.54) is 115 Å². The zero-order chi connectivity index (χ0) is 103. The number of aromatic nitrogens is 8. The summed E-state index contributed by atoms with van der Waals surface area (Å²) in [4.78, 5) is 188. The van der Waals surface area contributed by atoms with E-state index in [1.807, 2.05) is 12.1 Å². The third-order valence-corrected chi connectivity index (χ3v) is 17.5. The van der Waals surface area contributed by atoms with E-state index in [9.17, 15) is 146 Å². The number of hydrogen-bond donors (Lipinski definition) is 13. The number of carbonyl (C=O) groups excluding carboxylic acids is 6. The van der Waals surface area contributed by atoms with E-state index in [-0.39, 0.29) is 101 Å². The van der Waals surface area contributed by atoms with Crippen LogP contribution in [0.25, 0.3) is 87.2 Å². The van der Waals surface area contributed by atoms with Crippen molar-refractivity contribution in [2.45, 2.75) is 40.6 Å². The van der Waals surface area contributed by atoms with Gasteiger partial charge in [0.15, 0.2) is 0 Å². The summed E-state index contributed by atoms with van der Waals surface area (Å²) in [5.41, 5.74) is 15.7. The number of non-ortho nitro benzene ring substituents is 8. The number of H-pyrrole nitrogens is 8. The normalized spacial score (nSPS) is 10.3. The number of primary amides is 2. The molecule has 16 rings (SSSR count). The third kappa shape index (κ3) is 28.9. The number of aromatic carboxylic acids is 2. The number of rotatable bonds is 16. The van der Waals surface area contributed by atoms with Crippen LogP contribution in [0.2, 0.25) is 0 Å². The Morgan fingerprint density at radius 3 is 0.899 bits per heavy atom. The van der Waals surface area contributed by atoms with E-state index in [1.54, 1.807) is 99.6 Å². The summed E-state index contributed by atoms with van der Waals surface area (Å²) in [5.74, 6) is -10.8. The van der Waals surface area contributed by atoms with Crippen LogP contribution in [0.4, 0.5) is 71.8 Å². The van der Waals surface area contributed by atoms with Crippen molar-refractivity contribution >= 4 is 180 Å². The molecule has 15 N–H and O–H groups in total. The van der Waals surface area contributed by atoms with Crippen molar-refractivity contribution < 1.29 is 134 Å². The molecule has 8 aromatic heterocycles. The lowest BCUT2D eigenvalue weighted by molar-refractivity contribution is -0.384. The maximum Gasteiger partial charge on any atom is 0.491 e. The molecule has 0 atom stereocenters. The number of esters is 4. The Morgan fingerprint density at radius 1 is 0.345 bits per heavy atom. The van der Waals surface area contributed by atoms with Gasteiger partial charge < -0.3 is 80.9 Å². The zero-order valence-electron chi connectivity index (χ0n) is 69.9. The number of aliphatic hydroxyl groups is 1. The molecule has 8 heterocycles. The molecular formula is C83H66F6N20O30. The third-order valence-electron chi connectivity index (χ3n) is 17.5. The van der Waals surface area contributed by atoms with Gasteiger partial charge in [-0.15, -0.1) is 0 Å². The monoisotopic (exact) mass is 1940 g/mol. The van der Waals surface area contributed by atoms with Gasteiger partial charge in [0.25, 0.3) is 57.3 Å². The number of halogens is 6. The average molecular weight is 1940 g/mol. The Hall–Kier alpha value is -20.2. The zero-order valence-corrected chi connectivity index (χ0v) is 69.9. The summed E-state index contributed by atoms with van der Waals surface area (Å²) in [6.45, 7) is 5.89. The van der Waals surface area contributed by atoms with E-state index in [0.717, 1.165) is 16.2 Å². The van der Waals surface area contributed by atoms with Gasteiger partial charge in [0.05, 0.1) is 118 Å². The van der Waals surface area contributed by atoms with Crippen LogP contribution in [0.3, 0.4) is 0 Å². The first-order valence-corrected chi connectivity index (χ1v) is 37.8. The summed E-state index contributed by atoms with van der Waals surface area (Å²) in [7, 11) is 0. The molecule has 0 saturated carbocycles. The quantitative estimate of drug-likeness (QED) is 0.0107. The minimum Gasteiger partial charge on any atom is -0.477 e. The van der Waals surface area contributed by atoms with Gasteiger partial charge in [0.2, 0.25) is 0 Å². The average Bonchev–Trinajstić information content (AvgIpc) is 1.66. The summed E-state index contributed by atoms with van der Waals surface area (Å²) in [6.07, 6.45) is -11.2. The summed E-state index contributed by atoms with van der Waals surface area (Å²) >= 11 is 0. The Kier molecular flexibility index (Phi) is 36.8. The molecule has 720 valence electrons. The Bertz CT molecular complexity index is 7280. The number of carbonyl (C=O) groups is 8. The van der Waals surface area contributed by atoms with Gasteiger partial charge in [-0.2, -0.15) is 36.9 Å². The summed E-state index contributed by atoms with van der Waals surface area (Å²) in [6, 6.07) is 51.2. The lowest BCUT2D eigenvalue weighted by Gasteiger charge is -2.06. The molecule has 0 aliphatic carbocycles. The number of nitrogens with two attached hydrogens (primary N) is 2. The first-order valence-electron chi connectivity index (χ1n) is 37.8. The van der Waals surface area contributed by atoms with Crippen LogP contribution in [0.1, 0.15) is 103 Å². The summed E-state index contributed by atoms with van der Waals surface area (Å²) in [5, 5.41) is 131. The van der Waals surface area contributed by atoms with Crippen molar-refractivity contribution in [3.63, 3.8) is 0 Å². The standard InChI is InChI=1S/2C11H10N2O4.2C9H7N3O3.2C9H5N3O2.2C9H6N2O4.C4F6O3.C2H6O.CH4/c1-2-17-11(14)10-5-7-3-4-8(13(15)16)6-9(7)12-10;1-2-17-11(14)9-6-7-8(12-9)4-3-5-10(7)13(15)16;10-9(13)8-3-5-1-2-6(12(14)15)4-7(5)11-8;10-9(13)7-4-5-6(11-7)2-1-3-8(5)12(14)15;10-5-7-3-6-1-2-8(12(13)14)4-9(6)11-7;10-5-6-4-7-8(11-6)2-1-3-9(7)12(13)14;12-9(13)8-3-5-1-2-6(11(14)15)4-7(5)10-8;12-9(13)7-4-5-6(10-7)2-1-3-8(5)11(14)15;5-3(6,7)1(11)13-2(12)4(8,9)10;1-2-3;/h2*3-6,12H,2H2,1H3;2*1-4,11H,(H2,10,13);2*1-4,11H;2*1-4,10H,(H,12,13);;3H,2H2,1H3;1H4. The van der Waals surface area contributed by atoms with Crippen molar-refractivity contribution in [2.24, 2.45) is 11.5 Å². The minimum atomic E-state index is -5.62. The molecule has 139 heavy (non-hydrogen) atoms. The van der Waals surface area contributed by atoms with Crippen molar-refractivity contribution in [1.82, 2.24) is 39.9 Å². The van der Waals surface area contributed by atoms with Gasteiger partial charge in [-0.25, -0.2) is 28.8 Å². The SMILES string of the molecule is C.CCO.CCOC(=O)c1cc2c([N+](=O)[O-])cccc2[nH]1.CCOC(=O)c1cc2ccc([N+](=O)[O-])cc2[nH]1.N#Cc1cc2c([N+](=O)[O-])cccc2[nH]1.N#Cc1cc2ccc([N+](=O)[O-])cc2[nH]1.NC(=O)c1cc2c([N+](=O)[O-])cccc2[nH]1.NC(=O)c1cc2ccc([N+](=O)[O-])cc2[nH]1.O=C(O)c1cc2c([N+](=O)[O-])cccc2[nH]1.O=C(O)c1cc2ccc([N+](=O)[O-])cc2[nH]1.O=C(OC(=O)C(F)(F)F)C(F)(F)F. The van der Waals surface area contributed by atoms with Crippen molar-refractivity contribution in [3.8, 4) is 12.1 Å². The second kappa shape index (κ2) is 47.5. The number of nitrogens with zero attached hydrogens (tertiary/aromatic N) is 10. The van der Waals surface area contributed by atoms with Crippen LogP contribution in [-0.2, 0) is 23.8 Å². The first-order chi connectivity index (χ1) is 65.0. The Labute approximate surface area is 766 Å². The van der Waals surface area contributed by atoms with Crippen molar-refractivity contribution in [1.29, 1.82) is 10.5 Å². The number of aromatic amines is 8.